The van der Waals surface area contributed by atoms with Gasteiger partial charge in [0.15, 0.2) is 11.6 Å². The van der Waals surface area contributed by atoms with E-state index in [1.165, 1.54) is 18.2 Å². The van der Waals surface area contributed by atoms with Crippen molar-refractivity contribution in [3.63, 3.8) is 0 Å². The van der Waals surface area contributed by atoms with E-state index in [0.717, 1.165) is 17.7 Å². The van der Waals surface area contributed by atoms with Crippen LogP contribution in [0.1, 0.15) is 40.0 Å². The van der Waals surface area contributed by atoms with Gasteiger partial charge in [0.25, 0.3) is 0 Å². The smallest absolute Gasteiger partial charge is 0.416 e. The van der Waals surface area contributed by atoms with Gasteiger partial charge in [-0.15, -0.1) is 0 Å². The number of ether oxygens (including phenoxy) is 1. The number of rotatable bonds is 6. The van der Waals surface area contributed by atoms with E-state index < -0.39 is 17.7 Å². The molecule has 3 aromatic rings. The third-order valence-electron chi connectivity index (χ3n) is 5.53. The van der Waals surface area contributed by atoms with E-state index in [9.17, 15) is 18.0 Å². The lowest BCUT2D eigenvalue weighted by atomic mass is 10.1. The van der Waals surface area contributed by atoms with Gasteiger partial charge in [-0.1, -0.05) is 24.3 Å². The molecule has 0 saturated heterocycles. The van der Waals surface area contributed by atoms with Gasteiger partial charge < -0.3 is 20.1 Å². The largest absolute Gasteiger partial charge is 0.488 e. The Labute approximate surface area is 202 Å². The Bertz CT molecular complexity index is 1200. The lowest BCUT2D eigenvalue weighted by molar-refractivity contribution is -0.137. The summed E-state index contributed by atoms with van der Waals surface area (Å²) in [4.78, 5) is 17.6. The molecular weight excluding hydrogens is 515 g/mol. The lowest BCUT2D eigenvalue weighted by Crippen LogP contribution is -2.33. The third kappa shape index (κ3) is 5.11. The summed E-state index contributed by atoms with van der Waals surface area (Å²) >= 11 is 3.45. The van der Waals surface area contributed by atoms with Gasteiger partial charge in [-0.05, 0) is 58.2 Å². The predicted molar refractivity (Wildman–Crippen MR) is 125 cm³/mol. The molecule has 1 atom stereocenters. The number of anilines is 2. The van der Waals surface area contributed by atoms with E-state index >= 15 is 0 Å². The first-order chi connectivity index (χ1) is 16.1. The molecule has 10 heteroatoms. The van der Waals surface area contributed by atoms with Crippen molar-refractivity contribution in [3.05, 3.63) is 81.5 Å². The number of halogens is 4. The number of carboxylic acid groups (broad SMARTS) is 1. The monoisotopic (exact) mass is 535 g/mol. The topological polar surface area (TPSA) is 74.7 Å². The maximum absolute atomic E-state index is 13.2. The number of nitrogens with one attached hydrogen (secondary N) is 1. The summed E-state index contributed by atoms with van der Waals surface area (Å²) in [5, 5.41) is 12.4. The summed E-state index contributed by atoms with van der Waals surface area (Å²) in [7, 11) is 0. The fourth-order valence-corrected chi connectivity index (χ4v) is 4.20. The Morgan fingerprint density at radius 1 is 1.26 bits per heavy atom. The number of nitrogens with zero attached hydrogens (tertiary/aromatic N) is 2. The van der Waals surface area contributed by atoms with Gasteiger partial charge in [-0.25, -0.2) is 9.78 Å². The first-order valence-corrected chi connectivity index (χ1v) is 11.2. The van der Waals surface area contributed by atoms with Gasteiger partial charge in [0.2, 0.25) is 0 Å². The second-order valence-electron chi connectivity index (χ2n) is 7.89. The van der Waals surface area contributed by atoms with Crippen molar-refractivity contribution in [2.45, 2.75) is 25.7 Å². The number of alkyl halides is 3. The molecule has 1 aliphatic rings. The summed E-state index contributed by atoms with van der Waals surface area (Å²) in [6.45, 7) is 3.00. The highest BCUT2D eigenvalue weighted by Gasteiger charge is 2.31. The molecule has 0 aliphatic carbocycles. The lowest BCUT2D eigenvalue weighted by Gasteiger charge is -2.34. The quantitative estimate of drug-likeness (QED) is 0.395. The fourth-order valence-electron chi connectivity index (χ4n) is 3.79. The minimum atomic E-state index is -4.41. The van der Waals surface area contributed by atoms with Crippen LogP contribution in [0.5, 0.6) is 5.75 Å². The Hall–Kier alpha value is -3.27. The number of aromatic carboxylic acids is 1. The van der Waals surface area contributed by atoms with Crippen LogP contribution in [0.15, 0.2) is 59.2 Å². The minimum Gasteiger partial charge on any atom is -0.488 e. The normalized spacial score (nSPS) is 14.2. The molecule has 0 saturated carbocycles. The molecule has 2 N–H and O–H groups in total. The highest BCUT2D eigenvalue weighted by molar-refractivity contribution is 9.10. The first-order valence-electron chi connectivity index (χ1n) is 10.5. The van der Waals surface area contributed by atoms with Crippen molar-refractivity contribution in [3.8, 4) is 5.75 Å². The molecule has 2 aromatic carbocycles. The molecule has 0 fully saturated rings. The third-order valence-corrected chi connectivity index (χ3v) is 6.09. The second-order valence-corrected chi connectivity index (χ2v) is 8.75. The van der Waals surface area contributed by atoms with Crippen molar-refractivity contribution < 1.29 is 27.8 Å². The van der Waals surface area contributed by atoms with Gasteiger partial charge >= 0.3 is 12.1 Å². The molecule has 1 aliphatic heterocycles. The van der Waals surface area contributed by atoms with Crippen molar-refractivity contribution in [1.29, 1.82) is 0 Å². The van der Waals surface area contributed by atoms with E-state index in [0.29, 0.717) is 40.4 Å². The van der Waals surface area contributed by atoms with E-state index in [1.54, 1.807) is 24.4 Å². The van der Waals surface area contributed by atoms with Crippen LogP contribution in [0, 0.1) is 0 Å². The van der Waals surface area contributed by atoms with Gasteiger partial charge in [0.05, 0.1) is 28.2 Å². The fraction of sp³-hybridized carbons (Fsp3) is 0.250. The number of carbonyl (C=O) groups is 1. The van der Waals surface area contributed by atoms with Crippen LogP contribution < -0.4 is 15.0 Å². The standard InChI is InChI=1S/C24H21BrF3N3O3/c1-14(16-5-7-17(8-6-16)23(32)33)30-22-20-21(19(25)12-29-22)34-10-9-31(20)13-15-3-2-4-18(11-15)24(26,27)28/h2-8,11-12,14H,9-10,13H2,1H3,(H,29,30)(H,32,33)/t14-/m0/s1. The van der Waals surface area contributed by atoms with Crippen LogP contribution >= 0.6 is 15.9 Å². The number of aromatic nitrogens is 1. The van der Waals surface area contributed by atoms with Crippen LogP contribution in [0.2, 0.25) is 0 Å². The molecule has 4 rings (SSSR count). The van der Waals surface area contributed by atoms with E-state index in [2.05, 4.69) is 26.2 Å². The number of carboxylic acids is 1. The molecule has 0 unspecified atom stereocenters. The number of pyridine rings is 1. The van der Waals surface area contributed by atoms with Crippen LogP contribution in [-0.4, -0.2) is 29.2 Å². The molecule has 0 radical (unpaired) electrons. The van der Waals surface area contributed by atoms with Gasteiger partial charge in [0.1, 0.15) is 12.3 Å². The van der Waals surface area contributed by atoms with E-state index in [-0.39, 0.29) is 18.2 Å². The summed E-state index contributed by atoms with van der Waals surface area (Å²) in [5.74, 6) is 0.0713. The summed E-state index contributed by atoms with van der Waals surface area (Å²) in [5.41, 5.74) is 1.51. The average Bonchev–Trinajstić information content (AvgIpc) is 2.81. The molecule has 178 valence electrons. The minimum absolute atomic E-state index is 0.191. The summed E-state index contributed by atoms with van der Waals surface area (Å²) in [6, 6.07) is 11.6. The zero-order valence-electron chi connectivity index (χ0n) is 18.1. The molecule has 0 bridgehead atoms. The van der Waals surface area contributed by atoms with E-state index in [4.69, 9.17) is 9.84 Å². The van der Waals surface area contributed by atoms with Crippen LogP contribution in [0.3, 0.4) is 0 Å². The molecule has 6 nitrogen and oxygen atoms in total. The zero-order valence-corrected chi connectivity index (χ0v) is 19.7. The van der Waals surface area contributed by atoms with Crippen molar-refractivity contribution >= 4 is 33.4 Å². The van der Waals surface area contributed by atoms with Crippen LogP contribution in [-0.2, 0) is 12.7 Å². The van der Waals surface area contributed by atoms with Gasteiger partial charge in [-0.3, -0.25) is 0 Å². The Morgan fingerprint density at radius 3 is 2.68 bits per heavy atom. The Kier molecular flexibility index (Phi) is 6.70. The number of hydrogen-bond donors (Lipinski definition) is 2. The number of hydrogen-bond acceptors (Lipinski definition) is 5. The van der Waals surface area contributed by atoms with Crippen molar-refractivity contribution in [1.82, 2.24) is 4.98 Å². The highest BCUT2D eigenvalue weighted by Crippen LogP contribution is 2.44. The van der Waals surface area contributed by atoms with Crippen molar-refractivity contribution in [2.24, 2.45) is 0 Å². The summed E-state index contributed by atoms with van der Waals surface area (Å²) < 4.78 is 46.0. The second kappa shape index (κ2) is 9.54. The SMILES string of the molecule is C[C@H](Nc1ncc(Br)c2c1N(Cc1cccc(C(F)(F)F)c1)CCO2)c1ccc(C(=O)O)cc1. The molecular formula is C24H21BrF3N3O3. The molecule has 0 amide bonds. The Morgan fingerprint density at radius 2 is 2.00 bits per heavy atom. The maximum Gasteiger partial charge on any atom is 0.416 e. The average molecular weight is 536 g/mol. The molecule has 34 heavy (non-hydrogen) atoms. The predicted octanol–water partition coefficient (Wildman–Crippen LogP) is 6.13. The van der Waals surface area contributed by atoms with Crippen LogP contribution in [0.25, 0.3) is 0 Å². The van der Waals surface area contributed by atoms with Crippen molar-refractivity contribution in [2.75, 3.05) is 23.4 Å². The first kappa shape index (κ1) is 23.9. The number of fused-ring (bicyclic) bond motifs is 1. The molecule has 2 heterocycles. The number of benzene rings is 2. The zero-order chi connectivity index (χ0) is 24.5. The van der Waals surface area contributed by atoms with E-state index in [1.807, 2.05) is 11.8 Å². The van der Waals surface area contributed by atoms with Gasteiger partial charge in [0, 0.05) is 12.7 Å². The highest BCUT2D eigenvalue weighted by atomic mass is 79.9. The molecule has 1 aromatic heterocycles. The van der Waals surface area contributed by atoms with Crippen LogP contribution in [0.4, 0.5) is 24.7 Å². The maximum atomic E-state index is 13.2. The molecule has 0 spiro atoms. The van der Waals surface area contributed by atoms with Gasteiger partial charge in [-0.2, -0.15) is 13.2 Å². The summed E-state index contributed by atoms with van der Waals surface area (Å²) in [6.07, 6.45) is -2.81. The Balaban J connectivity index is 1.63.